The smallest absolute Gasteiger partial charge is 0.416 e. The summed E-state index contributed by atoms with van der Waals surface area (Å²) in [6.07, 6.45) is -8.06. The van der Waals surface area contributed by atoms with Crippen molar-refractivity contribution in [3.63, 3.8) is 0 Å². The number of nitrogens with two attached hydrogens (primary N) is 1. The van der Waals surface area contributed by atoms with Gasteiger partial charge in [-0.1, -0.05) is 48.2 Å². The van der Waals surface area contributed by atoms with Gasteiger partial charge in [0.05, 0.1) is 17.0 Å². The summed E-state index contributed by atoms with van der Waals surface area (Å²) in [5.74, 6) is -4.11. The van der Waals surface area contributed by atoms with E-state index in [1.54, 1.807) is 0 Å². The summed E-state index contributed by atoms with van der Waals surface area (Å²) in [6, 6.07) is 9.27. The van der Waals surface area contributed by atoms with E-state index in [0.29, 0.717) is 5.16 Å². The van der Waals surface area contributed by atoms with Crippen molar-refractivity contribution in [2.24, 2.45) is 23.5 Å². The highest BCUT2D eigenvalue weighted by molar-refractivity contribution is 7.99. The molecule has 3 aromatic rings. The third kappa shape index (κ3) is 5.77. The van der Waals surface area contributed by atoms with E-state index in [9.17, 15) is 35.9 Å². The molecule has 15 heteroatoms. The summed E-state index contributed by atoms with van der Waals surface area (Å²) in [5.41, 5.74) is 2.32. The van der Waals surface area contributed by atoms with Crippen LogP contribution in [0.4, 0.5) is 26.3 Å². The van der Waals surface area contributed by atoms with Gasteiger partial charge in [0.15, 0.2) is 5.16 Å². The molecule has 218 valence electrons. The second kappa shape index (κ2) is 10.7. The van der Waals surface area contributed by atoms with E-state index in [1.165, 1.54) is 54.5 Å². The minimum atomic E-state index is -4.67. The molecule has 1 heterocycles. The monoisotopic (exact) mass is 600 g/mol. The number of halogens is 6. The van der Waals surface area contributed by atoms with E-state index in [-0.39, 0.29) is 17.5 Å². The van der Waals surface area contributed by atoms with Gasteiger partial charge in [-0.3, -0.25) is 14.7 Å². The molecule has 0 saturated heterocycles. The third-order valence-corrected chi connectivity index (χ3v) is 8.52. The van der Waals surface area contributed by atoms with Crippen LogP contribution >= 0.6 is 11.8 Å². The first-order chi connectivity index (χ1) is 19.3. The number of esters is 2. The molecule has 0 amide bonds. The van der Waals surface area contributed by atoms with Crippen LogP contribution < -0.4 is 5.73 Å². The first kappa shape index (κ1) is 28.9. The van der Waals surface area contributed by atoms with Crippen molar-refractivity contribution in [1.29, 1.82) is 0 Å². The SMILES string of the molecule is NC1(C(=O)OCc2ccccc2C(F)(F)F)CC(Sc2ncn[nH]2)C2C(C(=O)OCc3ccccc3C(F)(F)F)C21. The summed E-state index contributed by atoms with van der Waals surface area (Å²) < 4.78 is 90.7. The molecule has 0 spiro atoms. The van der Waals surface area contributed by atoms with Gasteiger partial charge in [0.2, 0.25) is 0 Å². The summed E-state index contributed by atoms with van der Waals surface area (Å²) in [4.78, 5) is 30.3. The number of aromatic nitrogens is 3. The number of aromatic amines is 1. The summed E-state index contributed by atoms with van der Waals surface area (Å²) in [6.45, 7) is -1.35. The second-order valence-corrected chi connectivity index (χ2v) is 11.0. The number of nitrogens with one attached hydrogen (secondary N) is 1. The maximum absolute atomic E-state index is 13.4. The Balaban J connectivity index is 1.32. The molecular formula is C26H22F6N4O4S. The number of carbonyl (C=O) groups is 2. The average molecular weight is 601 g/mol. The van der Waals surface area contributed by atoms with Crippen molar-refractivity contribution in [3.05, 3.63) is 77.1 Å². The van der Waals surface area contributed by atoms with Crippen LogP contribution in [0.15, 0.2) is 60.0 Å². The van der Waals surface area contributed by atoms with Crippen molar-refractivity contribution in [3.8, 4) is 0 Å². The molecule has 5 atom stereocenters. The second-order valence-electron chi connectivity index (χ2n) is 9.81. The normalized spacial score (nSPS) is 25.4. The van der Waals surface area contributed by atoms with E-state index >= 15 is 0 Å². The van der Waals surface area contributed by atoms with Gasteiger partial charge in [0, 0.05) is 22.3 Å². The van der Waals surface area contributed by atoms with Gasteiger partial charge < -0.3 is 15.2 Å². The maximum atomic E-state index is 13.4. The van der Waals surface area contributed by atoms with Crippen LogP contribution in [0.1, 0.15) is 28.7 Å². The summed E-state index contributed by atoms with van der Waals surface area (Å²) in [7, 11) is 0. The highest BCUT2D eigenvalue weighted by atomic mass is 32.2. The van der Waals surface area contributed by atoms with Crippen LogP contribution in [0, 0.1) is 17.8 Å². The van der Waals surface area contributed by atoms with Gasteiger partial charge in [-0.2, -0.15) is 31.4 Å². The van der Waals surface area contributed by atoms with Crippen LogP contribution in [0.2, 0.25) is 0 Å². The van der Waals surface area contributed by atoms with Gasteiger partial charge in [-0.05, 0) is 24.5 Å². The van der Waals surface area contributed by atoms with Gasteiger partial charge in [-0.25, -0.2) is 4.98 Å². The number of carbonyl (C=O) groups excluding carboxylic acids is 2. The van der Waals surface area contributed by atoms with Gasteiger partial charge in [0.1, 0.15) is 25.1 Å². The number of ether oxygens (including phenoxy) is 2. The van der Waals surface area contributed by atoms with Crippen LogP contribution in [-0.4, -0.2) is 37.9 Å². The Morgan fingerprint density at radius 1 is 0.951 bits per heavy atom. The van der Waals surface area contributed by atoms with E-state index in [4.69, 9.17) is 15.2 Å². The van der Waals surface area contributed by atoms with Gasteiger partial charge in [-0.15, -0.1) is 0 Å². The number of nitrogens with zero attached hydrogens (tertiary/aromatic N) is 2. The molecule has 0 aliphatic heterocycles. The Labute approximate surface area is 233 Å². The molecule has 0 bridgehead atoms. The molecular weight excluding hydrogens is 578 g/mol. The molecule has 3 N–H and O–H groups in total. The van der Waals surface area contributed by atoms with Crippen molar-refractivity contribution in [1.82, 2.24) is 15.2 Å². The largest absolute Gasteiger partial charge is 0.461 e. The molecule has 2 fully saturated rings. The van der Waals surface area contributed by atoms with Gasteiger partial charge >= 0.3 is 24.3 Å². The molecule has 2 aliphatic rings. The quantitative estimate of drug-likeness (QED) is 0.281. The molecule has 2 aromatic carbocycles. The van der Waals surface area contributed by atoms with E-state index in [1.807, 2.05) is 0 Å². The number of alkyl halides is 6. The number of benzene rings is 2. The molecule has 2 saturated carbocycles. The number of hydrogen-bond donors (Lipinski definition) is 2. The number of H-pyrrole nitrogens is 1. The zero-order valence-corrected chi connectivity index (χ0v) is 21.7. The Morgan fingerprint density at radius 3 is 2.05 bits per heavy atom. The van der Waals surface area contributed by atoms with Crippen LogP contribution in [0.3, 0.4) is 0 Å². The zero-order chi connectivity index (χ0) is 29.6. The fourth-order valence-corrected chi connectivity index (χ4v) is 6.83. The van der Waals surface area contributed by atoms with Crippen LogP contribution in [0.5, 0.6) is 0 Å². The highest BCUT2D eigenvalue weighted by Crippen LogP contribution is 2.65. The molecule has 8 nitrogen and oxygen atoms in total. The lowest BCUT2D eigenvalue weighted by atomic mass is 9.91. The third-order valence-electron chi connectivity index (χ3n) is 7.32. The van der Waals surface area contributed by atoms with Crippen molar-refractivity contribution < 1.29 is 45.4 Å². The van der Waals surface area contributed by atoms with Crippen LogP contribution in [0.25, 0.3) is 0 Å². The molecule has 2 aliphatic carbocycles. The van der Waals surface area contributed by atoms with Crippen molar-refractivity contribution >= 4 is 23.7 Å². The molecule has 1 aromatic heterocycles. The first-order valence-electron chi connectivity index (χ1n) is 12.3. The Morgan fingerprint density at radius 2 is 1.51 bits per heavy atom. The zero-order valence-electron chi connectivity index (χ0n) is 20.9. The lowest BCUT2D eigenvalue weighted by molar-refractivity contribution is -0.155. The van der Waals surface area contributed by atoms with Crippen molar-refractivity contribution in [2.75, 3.05) is 0 Å². The Kier molecular flexibility index (Phi) is 7.53. The average Bonchev–Trinajstić information content (AvgIpc) is 3.34. The Hall–Kier alpha value is -3.59. The van der Waals surface area contributed by atoms with Crippen LogP contribution in [-0.2, 0) is 44.6 Å². The Bertz CT molecular complexity index is 1430. The van der Waals surface area contributed by atoms with Crippen molar-refractivity contribution in [2.45, 2.75) is 47.9 Å². The molecule has 0 radical (unpaired) electrons. The van der Waals surface area contributed by atoms with Gasteiger partial charge in [0.25, 0.3) is 0 Å². The summed E-state index contributed by atoms with van der Waals surface area (Å²) >= 11 is 1.17. The first-order valence-corrected chi connectivity index (χ1v) is 13.1. The topological polar surface area (TPSA) is 120 Å². The standard InChI is InChI=1S/C26H22F6N4O4S/c27-25(28,29)15-7-3-1-5-13(15)10-39-21(37)19-18-17(41-23-34-12-35-36-23)9-24(33,20(18)19)22(38)40-11-14-6-2-4-8-16(14)26(30,31)32/h1-8,12,17-20H,9-11,33H2,(H,34,35,36). The fourth-order valence-electron chi connectivity index (χ4n) is 5.47. The fraction of sp³-hybridized carbons (Fsp3) is 0.385. The van der Waals surface area contributed by atoms with E-state index in [0.717, 1.165) is 12.1 Å². The predicted molar refractivity (Wildman–Crippen MR) is 131 cm³/mol. The lowest BCUT2D eigenvalue weighted by Gasteiger charge is -2.27. The maximum Gasteiger partial charge on any atom is 0.416 e. The molecule has 5 unspecified atom stereocenters. The van der Waals surface area contributed by atoms with E-state index < -0.39 is 77.2 Å². The predicted octanol–water partition coefficient (Wildman–Crippen LogP) is 4.75. The molecule has 5 rings (SSSR count). The minimum Gasteiger partial charge on any atom is -0.461 e. The molecule has 41 heavy (non-hydrogen) atoms. The highest BCUT2D eigenvalue weighted by Gasteiger charge is 2.74. The number of hydrogen-bond acceptors (Lipinski definition) is 8. The van der Waals surface area contributed by atoms with E-state index in [2.05, 4.69) is 15.2 Å². The summed E-state index contributed by atoms with van der Waals surface area (Å²) in [5, 5.41) is 6.32. The number of thioether (sulfide) groups is 1. The number of fused-ring (bicyclic) bond motifs is 1. The number of rotatable bonds is 8. The lowest BCUT2D eigenvalue weighted by Crippen LogP contribution is -2.51. The minimum absolute atomic E-state index is 0.00807.